The Morgan fingerprint density at radius 3 is 1.55 bits per heavy atom. The van der Waals surface area contributed by atoms with Gasteiger partial charge in [0, 0.05) is 27.4 Å². The van der Waals surface area contributed by atoms with Crippen molar-refractivity contribution in [1.29, 1.82) is 0 Å². The highest BCUT2D eigenvalue weighted by atomic mass is 31.2. The Labute approximate surface area is 132 Å². The molecule has 0 aliphatic rings. The lowest BCUT2D eigenvalue weighted by Gasteiger charge is -2.27. The van der Waals surface area contributed by atoms with E-state index in [4.69, 9.17) is 32.9 Å². The SMILES string of the molecule is C.CO[Si](CCCN(CP(=O)(O)O)CP(=O)(O)O)(OC)OC. The molecular formula is C9H27NO9P2Si. The molecule has 0 amide bonds. The average molecular weight is 383 g/mol. The van der Waals surface area contributed by atoms with E-state index >= 15 is 0 Å². The summed E-state index contributed by atoms with van der Waals surface area (Å²) in [5.41, 5.74) is 0. The maximum Gasteiger partial charge on any atom is 0.500 e. The van der Waals surface area contributed by atoms with Crippen molar-refractivity contribution in [3.8, 4) is 0 Å². The summed E-state index contributed by atoms with van der Waals surface area (Å²) in [5, 5.41) is 0. The minimum Gasteiger partial charge on any atom is -0.377 e. The lowest BCUT2D eigenvalue weighted by atomic mass is 10.4. The fourth-order valence-corrected chi connectivity index (χ4v) is 5.17. The predicted octanol–water partition coefficient (Wildman–Crippen LogP) is 0.463. The zero-order valence-corrected chi connectivity index (χ0v) is 15.0. The molecule has 10 nitrogen and oxygen atoms in total. The van der Waals surface area contributed by atoms with E-state index in [0.717, 1.165) is 4.90 Å². The van der Waals surface area contributed by atoms with Gasteiger partial charge in [-0.1, -0.05) is 7.43 Å². The van der Waals surface area contributed by atoms with Gasteiger partial charge in [-0.25, -0.2) is 0 Å². The molecule has 0 rings (SSSR count). The first-order valence-electron chi connectivity index (χ1n) is 5.94. The van der Waals surface area contributed by atoms with E-state index in [-0.39, 0.29) is 14.0 Å². The smallest absolute Gasteiger partial charge is 0.377 e. The van der Waals surface area contributed by atoms with Crippen LogP contribution in [0.3, 0.4) is 0 Å². The van der Waals surface area contributed by atoms with E-state index < -0.39 is 36.6 Å². The van der Waals surface area contributed by atoms with Crippen molar-refractivity contribution in [2.75, 3.05) is 40.4 Å². The van der Waals surface area contributed by atoms with Gasteiger partial charge in [-0.2, -0.15) is 0 Å². The minimum atomic E-state index is -4.41. The normalized spacial score (nSPS) is 13.3. The van der Waals surface area contributed by atoms with Gasteiger partial charge in [-0.3, -0.25) is 14.0 Å². The van der Waals surface area contributed by atoms with Crippen molar-refractivity contribution < 1.29 is 42.0 Å². The van der Waals surface area contributed by atoms with E-state index in [2.05, 4.69) is 0 Å². The van der Waals surface area contributed by atoms with Gasteiger partial charge in [0.25, 0.3) is 0 Å². The Morgan fingerprint density at radius 2 is 1.27 bits per heavy atom. The lowest BCUT2D eigenvalue weighted by Crippen LogP contribution is -2.43. The van der Waals surface area contributed by atoms with Gasteiger partial charge < -0.3 is 32.9 Å². The summed E-state index contributed by atoms with van der Waals surface area (Å²) in [6, 6.07) is 0.356. The third-order valence-corrected chi connectivity index (χ3v) is 7.03. The first kappa shape index (κ1) is 24.6. The maximum atomic E-state index is 11.0. The molecule has 0 saturated heterocycles. The van der Waals surface area contributed by atoms with Crippen LogP contribution in [0.25, 0.3) is 0 Å². The summed E-state index contributed by atoms with van der Waals surface area (Å²) in [4.78, 5) is 36.8. The third-order valence-electron chi connectivity index (χ3n) is 2.66. The second-order valence-corrected chi connectivity index (χ2v) is 10.7. The maximum absolute atomic E-state index is 11.0. The highest BCUT2D eigenvalue weighted by Gasteiger charge is 2.37. The zero-order chi connectivity index (χ0) is 16.7. The molecule has 0 heterocycles. The predicted molar refractivity (Wildman–Crippen MR) is 83.5 cm³/mol. The second-order valence-electron chi connectivity index (χ2n) is 4.41. The highest BCUT2D eigenvalue weighted by Crippen LogP contribution is 2.40. The molecule has 0 bridgehead atoms. The van der Waals surface area contributed by atoms with Crippen LogP contribution in [0.4, 0.5) is 0 Å². The molecule has 22 heavy (non-hydrogen) atoms. The van der Waals surface area contributed by atoms with Gasteiger partial charge in [0.05, 0.1) is 0 Å². The molecule has 0 fully saturated rings. The van der Waals surface area contributed by atoms with E-state index in [0.29, 0.717) is 12.5 Å². The molecule has 0 unspecified atom stereocenters. The van der Waals surface area contributed by atoms with E-state index in [1.165, 1.54) is 21.3 Å². The largest absolute Gasteiger partial charge is 0.500 e. The number of hydrogen-bond donors (Lipinski definition) is 4. The van der Waals surface area contributed by atoms with Crippen molar-refractivity contribution in [3.63, 3.8) is 0 Å². The standard InChI is InChI=1S/C8H23NO9P2Si.CH4/c1-16-21(17-2,18-3)6-4-5-9(7-19(10,11)12)8-20(13,14)15;/h4-8H2,1-3H3,(H2,10,11,12)(H2,13,14,15);1H4. The Bertz CT molecular complexity index is 362. The molecule has 0 saturated carbocycles. The molecule has 4 N–H and O–H groups in total. The van der Waals surface area contributed by atoms with Crippen LogP contribution in [0.2, 0.25) is 6.04 Å². The van der Waals surface area contributed by atoms with Crippen LogP contribution >= 0.6 is 15.2 Å². The molecule has 0 aromatic carbocycles. The molecule has 0 aliphatic carbocycles. The molecular weight excluding hydrogens is 356 g/mol. The molecule has 13 heteroatoms. The van der Waals surface area contributed by atoms with Crippen molar-refractivity contribution in [1.82, 2.24) is 4.90 Å². The van der Waals surface area contributed by atoms with Crippen LogP contribution in [-0.4, -0.2) is 73.7 Å². The van der Waals surface area contributed by atoms with Gasteiger partial charge in [0.1, 0.15) is 12.6 Å². The fourth-order valence-electron chi connectivity index (χ4n) is 1.78. The summed E-state index contributed by atoms with van der Waals surface area (Å²) >= 11 is 0. The Balaban J connectivity index is 0. The quantitative estimate of drug-likeness (QED) is 0.293. The zero-order valence-electron chi connectivity index (χ0n) is 12.2. The van der Waals surface area contributed by atoms with Gasteiger partial charge in [0.2, 0.25) is 0 Å². The second kappa shape index (κ2) is 10.3. The molecule has 0 aromatic heterocycles. The molecule has 136 valence electrons. The third kappa shape index (κ3) is 11.0. The first-order valence-corrected chi connectivity index (χ1v) is 11.5. The van der Waals surface area contributed by atoms with E-state index in [1.54, 1.807) is 0 Å². The van der Waals surface area contributed by atoms with Crippen molar-refractivity contribution >= 4 is 24.0 Å². The number of nitrogens with zero attached hydrogens (tertiary/aromatic N) is 1. The minimum absolute atomic E-state index is 0. The first-order chi connectivity index (χ1) is 9.47. The summed E-state index contributed by atoms with van der Waals surface area (Å²) in [6.45, 7) is 0.0705. The summed E-state index contributed by atoms with van der Waals surface area (Å²) in [6.07, 6.45) is -1.10. The topological polar surface area (TPSA) is 146 Å². The monoisotopic (exact) mass is 383 g/mol. The van der Waals surface area contributed by atoms with Crippen molar-refractivity contribution in [2.24, 2.45) is 0 Å². The lowest BCUT2D eigenvalue weighted by molar-refractivity contribution is 0.122. The van der Waals surface area contributed by atoms with Gasteiger partial charge in [-0.15, -0.1) is 0 Å². The van der Waals surface area contributed by atoms with Gasteiger partial charge >= 0.3 is 24.0 Å². The molecule has 0 spiro atoms. The molecule has 0 radical (unpaired) electrons. The van der Waals surface area contributed by atoms with Crippen LogP contribution in [0.15, 0.2) is 0 Å². The van der Waals surface area contributed by atoms with E-state index in [9.17, 15) is 9.13 Å². The average Bonchev–Trinajstić information content (AvgIpc) is 2.31. The van der Waals surface area contributed by atoms with Gasteiger partial charge in [0.15, 0.2) is 0 Å². The van der Waals surface area contributed by atoms with Crippen molar-refractivity contribution in [2.45, 2.75) is 19.9 Å². The molecule has 0 atom stereocenters. The van der Waals surface area contributed by atoms with Crippen LogP contribution in [-0.2, 0) is 22.4 Å². The van der Waals surface area contributed by atoms with Crippen LogP contribution in [0, 0.1) is 0 Å². The summed E-state index contributed by atoms with van der Waals surface area (Å²) in [5.74, 6) is 0. The van der Waals surface area contributed by atoms with Crippen LogP contribution < -0.4 is 0 Å². The summed E-state index contributed by atoms with van der Waals surface area (Å²) in [7, 11) is -7.34. The number of rotatable bonds is 11. The Kier molecular flexibility index (Phi) is 11.5. The van der Waals surface area contributed by atoms with Crippen LogP contribution in [0.1, 0.15) is 13.8 Å². The Hall–Kier alpha value is 0.357. The fraction of sp³-hybridized carbons (Fsp3) is 1.00. The Morgan fingerprint density at radius 1 is 0.909 bits per heavy atom. The highest BCUT2D eigenvalue weighted by molar-refractivity contribution is 7.52. The number of hydrogen-bond acceptors (Lipinski definition) is 6. The van der Waals surface area contributed by atoms with Crippen molar-refractivity contribution in [3.05, 3.63) is 0 Å². The van der Waals surface area contributed by atoms with Crippen LogP contribution in [0.5, 0.6) is 0 Å². The van der Waals surface area contributed by atoms with Gasteiger partial charge in [-0.05, 0) is 13.0 Å². The molecule has 0 aliphatic heterocycles. The van der Waals surface area contributed by atoms with E-state index in [1.807, 2.05) is 0 Å². The summed E-state index contributed by atoms with van der Waals surface area (Å²) < 4.78 is 37.5. The molecule has 0 aromatic rings.